The van der Waals surface area contributed by atoms with Gasteiger partial charge in [0.15, 0.2) is 0 Å². The summed E-state index contributed by atoms with van der Waals surface area (Å²) in [6.45, 7) is 1.88. The minimum atomic E-state index is -1.34. The average molecular weight is 385 g/mol. The molecule has 0 aromatic heterocycles. The highest BCUT2D eigenvalue weighted by Crippen LogP contribution is 2.40. The molecule has 3 rings (SSSR count). The number of nitrogens with two attached hydrogens (primary N) is 1. The van der Waals surface area contributed by atoms with E-state index >= 15 is 0 Å². The molecular formula is C24H29F2NO. The van der Waals surface area contributed by atoms with Gasteiger partial charge in [-0.1, -0.05) is 70.8 Å². The lowest BCUT2D eigenvalue weighted by molar-refractivity contribution is -0.121. The van der Waals surface area contributed by atoms with Crippen LogP contribution >= 0.6 is 0 Å². The van der Waals surface area contributed by atoms with Crippen molar-refractivity contribution in [3.8, 4) is 0 Å². The smallest absolute Gasteiger partial charge is 0.237 e. The number of rotatable bonds is 4. The lowest BCUT2D eigenvalue weighted by atomic mass is 9.67. The quantitative estimate of drug-likeness (QED) is 0.550. The Kier molecular flexibility index (Phi) is 8.74. The van der Waals surface area contributed by atoms with E-state index in [0.717, 1.165) is 5.56 Å². The molecule has 0 aliphatic rings. The molecule has 150 valence electrons. The van der Waals surface area contributed by atoms with Gasteiger partial charge in [0.2, 0.25) is 5.91 Å². The standard InChI is InChI=1S/C21H17F2NO.3CH4/c1-14-4-2-3-5-19(14)21(20(24)25,15-6-10-17(22)11-7-15)16-8-12-18(23)13-9-16;;;/h2-13H,1H3,(H2,24,25);3*1H4. The number of amides is 1. The monoisotopic (exact) mass is 385 g/mol. The fraction of sp³-hybridized carbons (Fsp3) is 0.208. The summed E-state index contributed by atoms with van der Waals surface area (Å²) in [6.07, 6.45) is 0. The van der Waals surface area contributed by atoms with E-state index in [1.54, 1.807) is 0 Å². The number of carbonyl (C=O) groups excluding carboxylic acids is 1. The molecule has 0 aliphatic heterocycles. The molecule has 0 saturated heterocycles. The molecule has 2 nitrogen and oxygen atoms in total. The lowest BCUT2D eigenvalue weighted by Crippen LogP contribution is -2.44. The third kappa shape index (κ3) is 4.11. The van der Waals surface area contributed by atoms with Gasteiger partial charge in [0, 0.05) is 0 Å². The van der Waals surface area contributed by atoms with Crippen LogP contribution in [-0.2, 0) is 10.2 Å². The molecular weight excluding hydrogens is 356 g/mol. The fourth-order valence-corrected chi connectivity index (χ4v) is 3.29. The van der Waals surface area contributed by atoms with Crippen molar-refractivity contribution in [3.63, 3.8) is 0 Å². The van der Waals surface area contributed by atoms with Crippen LogP contribution in [0, 0.1) is 18.6 Å². The summed E-state index contributed by atoms with van der Waals surface area (Å²) in [6, 6.07) is 18.7. The van der Waals surface area contributed by atoms with Gasteiger partial charge in [-0.15, -0.1) is 0 Å². The molecule has 0 aliphatic carbocycles. The summed E-state index contributed by atoms with van der Waals surface area (Å²) in [7, 11) is 0. The summed E-state index contributed by atoms with van der Waals surface area (Å²) in [5, 5.41) is 0. The Hall–Kier alpha value is -3.01. The van der Waals surface area contributed by atoms with Crippen molar-refractivity contribution < 1.29 is 13.6 Å². The predicted molar refractivity (Wildman–Crippen MR) is 113 cm³/mol. The number of carbonyl (C=O) groups is 1. The van der Waals surface area contributed by atoms with Crippen LogP contribution in [0.3, 0.4) is 0 Å². The number of benzene rings is 3. The summed E-state index contributed by atoms with van der Waals surface area (Å²) in [5.74, 6) is -1.43. The van der Waals surface area contributed by atoms with E-state index in [-0.39, 0.29) is 22.3 Å². The minimum absolute atomic E-state index is 0. The molecule has 0 unspecified atom stereocenters. The Bertz CT molecular complexity index is 857. The zero-order chi connectivity index (χ0) is 18.0. The van der Waals surface area contributed by atoms with Gasteiger partial charge >= 0.3 is 0 Å². The van der Waals surface area contributed by atoms with E-state index in [1.807, 2.05) is 31.2 Å². The van der Waals surface area contributed by atoms with Crippen molar-refractivity contribution in [1.82, 2.24) is 0 Å². The summed E-state index contributed by atoms with van der Waals surface area (Å²) in [5.41, 5.74) is 7.14. The molecule has 28 heavy (non-hydrogen) atoms. The van der Waals surface area contributed by atoms with Crippen LogP contribution in [0.1, 0.15) is 44.5 Å². The van der Waals surface area contributed by atoms with E-state index in [4.69, 9.17) is 5.73 Å². The third-order valence-electron chi connectivity index (χ3n) is 4.47. The first-order chi connectivity index (χ1) is 12.0. The second-order valence-electron chi connectivity index (χ2n) is 5.94. The maximum absolute atomic E-state index is 13.4. The van der Waals surface area contributed by atoms with Crippen LogP contribution in [0.25, 0.3) is 0 Å². The first-order valence-corrected chi connectivity index (χ1v) is 7.84. The van der Waals surface area contributed by atoms with Crippen molar-refractivity contribution in [2.24, 2.45) is 5.73 Å². The van der Waals surface area contributed by atoms with Crippen molar-refractivity contribution in [2.45, 2.75) is 34.6 Å². The highest BCUT2D eigenvalue weighted by molar-refractivity contribution is 5.95. The second-order valence-corrected chi connectivity index (χ2v) is 5.94. The maximum atomic E-state index is 13.4. The van der Waals surface area contributed by atoms with E-state index in [1.165, 1.54) is 48.5 Å². The van der Waals surface area contributed by atoms with Gasteiger partial charge in [-0.25, -0.2) is 8.78 Å². The second kappa shape index (κ2) is 9.79. The molecule has 0 fully saturated rings. The molecule has 3 aromatic rings. The molecule has 0 saturated carbocycles. The van der Waals surface area contributed by atoms with Crippen molar-refractivity contribution in [3.05, 3.63) is 107 Å². The van der Waals surface area contributed by atoms with Crippen LogP contribution in [-0.4, -0.2) is 5.91 Å². The van der Waals surface area contributed by atoms with Crippen LogP contribution in [0.4, 0.5) is 8.78 Å². The van der Waals surface area contributed by atoms with Crippen LogP contribution in [0.15, 0.2) is 72.8 Å². The Labute approximate surface area is 167 Å². The Morgan fingerprint density at radius 3 is 1.50 bits per heavy atom. The first kappa shape index (κ1) is 25.0. The van der Waals surface area contributed by atoms with Crippen molar-refractivity contribution >= 4 is 5.91 Å². The highest BCUT2D eigenvalue weighted by atomic mass is 19.1. The zero-order valence-electron chi connectivity index (χ0n) is 13.7. The van der Waals surface area contributed by atoms with Crippen molar-refractivity contribution in [2.75, 3.05) is 0 Å². The Morgan fingerprint density at radius 1 is 0.750 bits per heavy atom. The third-order valence-corrected chi connectivity index (χ3v) is 4.47. The molecule has 3 aromatic carbocycles. The Balaban J connectivity index is 0.00000243. The summed E-state index contributed by atoms with van der Waals surface area (Å²) < 4.78 is 26.9. The van der Waals surface area contributed by atoms with Gasteiger partial charge in [0.25, 0.3) is 0 Å². The molecule has 0 radical (unpaired) electrons. The fourth-order valence-electron chi connectivity index (χ4n) is 3.29. The summed E-state index contributed by atoms with van der Waals surface area (Å²) >= 11 is 0. The summed E-state index contributed by atoms with van der Waals surface area (Å²) in [4.78, 5) is 12.8. The number of aryl methyl sites for hydroxylation is 1. The number of hydrogen-bond donors (Lipinski definition) is 1. The number of hydrogen-bond acceptors (Lipinski definition) is 1. The van der Waals surface area contributed by atoms with E-state index in [9.17, 15) is 13.6 Å². The van der Waals surface area contributed by atoms with Gasteiger partial charge in [-0.2, -0.15) is 0 Å². The predicted octanol–water partition coefficient (Wildman–Crippen LogP) is 6.00. The Morgan fingerprint density at radius 2 is 1.14 bits per heavy atom. The van der Waals surface area contributed by atoms with Gasteiger partial charge in [-0.3, -0.25) is 4.79 Å². The molecule has 0 heterocycles. The van der Waals surface area contributed by atoms with Gasteiger partial charge < -0.3 is 5.73 Å². The topological polar surface area (TPSA) is 43.1 Å². The molecule has 1 amide bonds. The van der Waals surface area contributed by atoms with E-state index < -0.39 is 23.0 Å². The molecule has 0 bridgehead atoms. The SMILES string of the molecule is C.C.C.Cc1ccccc1C(C(N)=O)(c1ccc(F)cc1)c1ccc(F)cc1. The number of halogens is 2. The molecule has 4 heteroatoms. The van der Waals surface area contributed by atoms with Crippen LogP contribution in [0.5, 0.6) is 0 Å². The van der Waals surface area contributed by atoms with Crippen molar-refractivity contribution in [1.29, 1.82) is 0 Å². The van der Waals surface area contributed by atoms with E-state index in [2.05, 4.69) is 0 Å². The van der Waals surface area contributed by atoms with Crippen LogP contribution in [0.2, 0.25) is 0 Å². The van der Waals surface area contributed by atoms with Gasteiger partial charge in [-0.05, 0) is 53.4 Å². The van der Waals surface area contributed by atoms with Gasteiger partial charge in [0.05, 0.1) is 0 Å². The molecule has 2 N–H and O–H groups in total. The zero-order valence-corrected chi connectivity index (χ0v) is 13.7. The van der Waals surface area contributed by atoms with E-state index in [0.29, 0.717) is 16.7 Å². The largest absolute Gasteiger partial charge is 0.368 e. The molecule has 0 atom stereocenters. The lowest BCUT2D eigenvalue weighted by Gasteiger charge is -2.34. The average Bonchev–Trinajstić information content (AvgIpc) is 2.59. The maximum Gasteiger partial charge on any atom is 0.237 e. The molecule has 0 spiro atoms. The first-order valence-electron chi connectivity index (χ1n) is 7.84. The van der Waals surface area contributed by atoms with Crippen LogP contribution < -0.4 is 5.73 Å². The highest BCUT2D eigenvalue weighted by Gasteiger charge is 2.43. The minimum Gasteiger partial charge on any atom is -0.368 e. The number of primary amides is 1. The normalized spacial score (nSPS) is 10.1. The van der Waals surface area contributed by atoms with Gasteiger partial charge in [0.1, 0.15) is 17.0 Å².